The van der Waals surface area contributed by atoms with Crippen LogP contribution < -0.4 is 19.5 Å². The Morgan fingerprint density at radius 1 is 1.10 bits per heavy atom. The van der Waals surface area contributed by atoms with E-state index in [9.17, 15) is 4.79 Å². The second kappa shape index (κ2) is 9.05. The first kappa shape index (κ1) is 20.1. The van der Waals surface area contributed by atoms with Gasteiger partial charge in [0, 0.05) is 12.1 Å². The van der Waals surface area contributed by atoms with Gasteiger partial charge >= 0.3 is 0 Å². The number of aryl methyl sites for hydroxylation is 1. The molecule has 0 saturated heterocycles. The summed E-state index contributed by atoms with van der Waals surface area (Å²) < 4.78 is 17.6. The highest BCUT2D eigenvalue weighted by Gasteiger charge is 2.15. The van der Waals surface area contributed by atoms with Gasteiger partial charge in [-0.2, -0.15) is 0 Å². The highest BCUT2D eigenvalue weighted by molar-refractivity contribution is 5.92. The quantitative estimate of drug-likeness (QED) is 0.623. The van der Waals surface area contributed by atoms with Gasteiger partial charge in [0.25, 0.3) is 0 Å². The zero-order chi connectivity index (χ0) is 20.8. The van der Waals surface area contributed by atoms with Crippen molar-refractivity contribution >= 4 is 11.6 Å². The third kappa shape index (κ3) is 4.45. The van der Waals surface area contributed by atoms with Gasteiger partial charge in [0.2, 0.25) is 11.7 Å². The van der Waals surface area contributed by atoms with Crippen molar-refractivity contribution in [3.63, 3.8) is 0 Å². The predicted molar refractivity (Wildman–Crippen MR) is 107 cm³/mol. The van der Waals surface area contributed by atoms with E-state index < -0.39 is 0 Å². The maximum absolute atomic E-state index is 12.5. The summed E-state index contributed by atoms with van der Waals surface area (Å²) in [6, 6.07) is 9.27. The predicted octanol–water partition coefficient (Wildman–Crippen LogP) is 2.57. The molecule has 1 aromatic heterocycles. The number of carbonyl (C=O) groups excluding carboxylic acids is 1. The van der Waals surface area contributed by atoms with Crippen molar-refractivity contribution in [1.29, 1.82) is 0 Å². The molecule has 0 aliphatic carbocycles. The summed E-state index contributed by atoms with van der Waals surface area (Å²) in [5.74, 6) is 1.55. The van der Waals surface area contributed by atoms with Crippen LogP contribution in [0, 0.1) is 6.92 Å². The van der Waals surface area contributed by atoms with Crippen LogP contribution in [-0.4, -0.2) is 47.4 Å². The molecule has 0 bridgehead atoms. The molecule has 1 N–H and O–H groups in total. The normalized spacial score (nSPS) is 10.5. The van der Waals surface area contributed by atoms with Crippen molar-refractivity contribution in [1.82, 2.24) is 20.2 Å². The molecule has 1 heterocycles. The molecule has 9 heteroatoms. The van der Waals surface area contributed by atoms with Crippen molar-refractivity contribution < 1.29 is 19.0 Å². The molecule has 0 unspecified atom stereocenters. The van der Waals surface area contributed by atoms with Gasteiger partial charge in [-0.15, -0.1) is 5.10 Å². The van der Waals surface area contributed by atoms with Crippen LogP contribution in [0.3, 0.4) is 0 Å². The standard InChI is InChI=1S/C20H23N5O4/c1-13-15(6-5-7-16(13)25-12-21-23-24-25)22-19(26)9-8-14-10-17(27-2)20(29-4)18(11-14)28-3/h5-7,10-12H,8-9H2,1-4H3,(H,22,26). The lowest BCUT2D eigenvalue weighted by molar-refractivity contribution is -0.116. The molecule has 0 radical (unpaired) electrons. The minimum Gasteiger partial charge on any atom is -0.493 e. The molecule has 0 aliphatic heterocycles. The SMILES string of the molecule is COc1cc(CCC(=O)Nc2cccc(-n3cnnn3)c2C)cc(OC)c1OC. The Kier molecular flexibility index (Phi) is 6.28. The van der Waals surface area contributed by atoms with Crippen molar-refractivity contribution in [2.75, 3.05) is 26.6 Å². The monoisotopic (exact) mass is 397 g/mol. The highest BCUT2D eigenvalue weighted by atomic mass is 16.5. The van der Waals surface area contributed by atoms with E-state index in [0.717, 1.165) is 16.8 Å². The molecule has 1 amide bonds. The summed E-state index contributed by atoms with van der Waals surface area (Å²) in [5.41, 5.74) is 3.31. The summed E-state index contributed by atoms with van der Waals surface area (Å²) in [6.07, 6.45) is 2.33. The van der Waals surface area contributed by atoms with Crippen LogP contribution in [0.25, 0.3) is 5.69 Å². The van der Waals surface area contributed by atoms with E-state index in [-0.39, 0.29) is 5.91 Å². The third-order valence-electron chi connectivity index (χ3n) is 4.54. The van der Waals surface area contributed by atoms with Crippen molar-refractivity contribution in [3.05, 3.63) is 47.8 Å². The first-order valence-electron chi connectivity index (χ1n) is 8.99. The number of hydrogen-bond acceptors (Lipinski definition) is 7. The number of benzene rings is 2. The maximum Gasteiger partial charge on any atom is 0.224 e. The van der Waals surface area contributed by atoms with E-state index >= 15 is 0 Å². The Morgan fingerprint density at radius 3 is 2.41 bits per heavy atom. The van der Waals surface area contributed by atoms with E-state index in [4.69, 9.17) is 14.2 Å². The zero-order valence-electron chi connectivity index (χ0n) is 16.8. The number of methoxy groups -OCH3 is 3. The lowest BCUT2D eigenvalue weighted by Crippen LogP contribution is -2.14. The van der Waals surface area contributed by atoms with Gasteiger partial charge in [0.15, 0.2) is 11.5 Å². The summed E-state index contributed by atoms with van der Waals surface area (Å²) in [5, 5.41) is 14.2. The Morgan fingerprint density at radius 2 is 1.83 bits per heavy atom. The van der Waals surface area contributed by atoms with Crippen LogP contribution in [0.4, 0.5) is 5.69 Å². The lowest BCUT2D eigenvalue weighted by atomic mass is 10.1. The Bertz CT molecular complexity index is 964. The van der Waals surface area contributed by atoms with Crippen LogP contribution in [-0.2, 0) is 11.2 Å². The topological polar surface area (TPSA) is 100 Å². The number of amides is 1. The third-order valence-corrected chi connectivity index (χ3v) is 4.54. The van der Waals surface area contributed by atoms with Crippen LogP contribution in [0.5, 0.6) is 17.2 Å². The van der Waals surface area contributed by atoms with Gasteiger partial charge < -0.3 is 19.5 Å². The number of aromatic nitrogens is 4. The van der Waals surface area contributed by atoms with Crippen molar-refractivity contribution in [2.45, 2.75) is 19.8 Å². The fourth-order valence-electron chi connectivity index (χ4n) is 3.03. The zero-order valence-corrected chi connectivity index (χ0v) is 16.8. The number of anilines is 1. The van der Waals surface area contributed by atoms with E-state index in [2.05, 4.69) is 20.8 Å². The number of ether oxygens (including phenoxy) is 3. The molecule has 3 aromatic rings. The molecular formula is C20H23N5O4. The van der Waals surface area contributed by atoms with E-state index in [1.165, 1.54) is 6.33 Å². The first-order chi connectivity index (χ1) is 14.1. The van der Waals surface area contributed by atoms with E-state index in [0.29, 0.717) is 35.8 Å². The molecule has 0 spiro atoms. The lowest BCUT2D eigenvalue weighted by Gasteiger charge is -2.14. The molecule has 0 atom stereocenters. The number of hydrogen-bond donors (Lipinski definition) is 1. The fraction of sp³-hybridized carbons (Fsp3) is 0.300. The number of rotatable bonds is 8. The second-order valence-corrected chi connectivity index (χ2v) is 6.29. The fourth-order valence-corrected chi connectivity index (χ4v) is 3.03. The first-order valence-corrected chi connectivity index (χ1v) is 8.99. The Balaban J connectivity index is 1.70. The van der Waals surface area contributed by atoms with Gasteiger partial charge in [0.1, 0.15) is 6.33 Å². The number of tetrazole rings is 1. The minimum absolute atomic E-state index is 0.101. The van der Waals surface area contributed by atoms with Crippen LogP contribution in [0.15, 0.2) is 36.7 Å². The highest BCUT2D eigenvalue weighted by Crippen LogP contribution is 2.38. The molecule has 9 nitrogen and oxygen atoms in total. The number of nitrogens with one attached hydrogen (secondary N) is 1. The van der Waals surface area contributed by atoms with Crippen LogP contribution in [0.1, 0.15) is 17.5 Å². The van der Waals surface area contributed by atoms with Gasteiger partial charge in [-0.3, -0.25) is 4.79 Å². The maximum atomic E-state index is 12.5. The molecule has 3 rings (SSSR count). The van der Waals surface area contributed by atoms with Gasteiger partial charge in [0.05, 0.1) is 27.0 Å². The summed E-state index contributed by atoms with van der Waals surface area (Å²) in [6.45, 7) is 1.91. The molecule has 29 heavy (non-hydrogen) atoms. The van der Waals surface area contributed by atoms with E-state index in [1.54, 1.807) is 26.0 Å². The molecule has 0 fully saturated rings. The van der Waals surface area contributed by atoms with Gasteiger partial charge in [-0.1, -0.05) is 6.07 Å². The second-order valence-electron chi connectivity index (χ2n) is 6.29. The van der Waals surface area contributed by atoms with Gasteiger partial charge in [-0.25, -0.2) is 4.68 Å². The largest absolute Gasteiger partial charge is 0.493 e. The molecule has 152 valence electrons. The average molecular weight is 397 g/mol. The van der Waals surface area contributed by atoms with Gasteiger partial charge in [-0.05, 0) is 59.2 Å². The minimum atomic E-state index is -0.101. The van der Waals surface area contributed by atoms with E-state index in [1.807, 2.05) is 37.3 Å². The molecule has 2 aromatic carbocycles. The van der Waals surface area contributed by atoms with Crippen molar-refractivity contribution in [3.8, 4) is 22.9 Å². The summed E-state index contributed by atoms with van der Waals surface area (Å²) in [7, 11) is 4.68. The van der Waals surface area contributed by atoms with Crippen molar-refractivity contribution in [2.24, 2.45) is 0 Å². The molecule has 0 aliphatic rings. The Hall–Kier alpha value is -3.62. The van der Waals surface area contributed by atoms with Crippen LogP contribution >= 0.6 is 0 Å². The summed E-state index contributed by atoms with van der Waals surface area (Å²) in [4.78, 5) is 12.5. The number of nitrogens with zero attached hydrogens (tertiary/aromatic N) is 4. The summed E-state index contributed by atoms with van der Waals surface area (Å²) >= 11 is 0. The average Bonchev–Trinajstić information content (AvgIpc) is 3.27. The number of carbonyl (C=O) groups is 1. The Labute approximate surface area is 168 Å². The molecule has 0 saturated carbocycles. The molecular weight excluding hydrogens is 374 g/mol. The smallest absolute Gasteiger partial charge is 0.224 e. The van der Waals surface area contributed by atoms with Crippen LogP contribution in [0.2, 0.25) is 0 Å².